The van der Waals surface area contributed by atoms with Gasteiger partial charge in [-0.15, -0.1) is 0 Å². The minimum atomic E-state index is -3.61. The molecule has 0 atom stereocenters. The van der Waals surface area contributed by atoms with E-state index in [2.05, 4.69) is 0 Å². The second-order valence-electron chi connectivity index (χ2n) is 3.25. The molecular formula is C7H13NO3S. The molecule has 0 aromatic heterocycles. The second kappa shape index (κ2) is 3.53. The van der Waals surface area contributed by atoms with Crippen molar-refractivity contribution in [1.29, 1.82) is 0 Å². The van der Waals surface area contributed by atoms with Crippen molar-refractivity contribution in [2.45, 2.75) is 25.7 Å². The van der Waals surface area contributed by atoms with Crippen LogP contribution in [0.3, 0.4) is 0 Å². The summed E-state index contributed by atoms with van der Waals surface area (Å²) in [6, 6.07) is 0. The third-order valence-electron chi connectivity index (χ3n) is 2.15. The van der Waals surface area contributed by atoms with E-state index in [0.717, 1.165) is 25.7 Å². The molecule has 0 aliphatic heterocycles. The molecule has 0 heterocycles. The predicted octanol–water partition coefficient (Wildman–Crippen LogP) is 0.0342. The van der Waals surface area contributed by atoms with Gasteiger partial charge in [0, 0.05) is 5.92 Å². The fourth-order valence-electron chi connectivity index (χ4n) is 1.56. The maximum atomic E-state index is 11.2. The average molecular weight is 191 g/mol. The van der Waals surface area contributed by atoms with E-state index in [9.17, 15) is 13.2 Å². The van der Waals surface area contributed by atoms with Gasteiger partial charge < -0.3 is 0 Å². The molecule has 1 rings (SSSR count). The fraction of sp³-hybridized carbons (Fsp3) is 0.857. The summed E-state index contributed by atoms with van der Waals surface area (Å²) >= 11 is 0. The third-order valence-corrected chi connectivity index (χ3v) is 2.84. The van der Waals surface area contributed by atoms with Gasteiger partial charge in [0.2, 0.25) is 10.0 Å². The normalized spacial score (nSPS) is 19.8. The summed E-state index contributed by atoms with van der Waals surface area (Å²) in [5.41, 5.74) is 0. The summed E-state index contributed by atoms with van der Waals surface area (Å²) in [6.45, 7) is 0. The second-order valence-corrected chi connectivity index (χ2v) is 4.87. The summed E-state index contributed by atoms with van der Waals surface area (Å²) in [5, 5.41) is 4.76. The Bertz CT molecular complexity index is 264. The first kappa shape index (κ1) is 9.67. The highest BCUT2D eigenvalue weighted by Gasteiger charge is 2.25. The predicted molar refractivity (Wildman–Crippen MR) is 44.9 cm³/mol. The van der Waals surface area contributed by atoms with Crippen LogP contribution in [0.1, 0.15) is 25.7 Å². The number of rotatable bonds is 3. The minimum absolute atomic E-state index is 0.0525. The van der Waals surface area contributed by atoms with Gasteiger partial charge in [0.05, 0.1) is 0 Å². The van der Waals surface area contributed by atoms with E-state index in [4.69, 9.17) is 5.14 Å². The molecule has 0 amide bonds. The highest BCUT2D eigenvalue weighted by Crippen LogP contribution is 2.25. The lowest BCUT2D eigenvalue weighted by Crippen LogP contribution is -2.27. The van der Waals surface area contributed by atoms with Crippen LogP contribution in [0.5, 0.6) is 0 Å². The number of hydrogen-bond donors (Lipinski definition) is 1. The number of carbonyl (C=O) groups excluding carboxylic acids is 1. The number of hydrogen-bond acceptors (Lipinski definition) is 3. The van der Waals surface area contributed by atoms with E-state index in [1.54, 1.807) is 0 Å². The molecule has 0 radical (unpaired) electrons. The van der Waals surface area contributed by atoms with Crippen LogP contribution in [0, 0.1) is 5.92 Å². The molecule has 1 aliphatic rings. The van der Waals surface area contributed by atoms with Gasteiger partial charge in [-0.3, -0.25) is 4.79 Å². The van der Waals surface area contributed by atoms with Crippen LogP contribution in [-0.2, 0) is 14.8 Å². The fourth-order valence-corrected chi connectivity index (χ4v) is 2.20. The van der Waals surface area contributed by atoms with Crippen LogP contribution in [0.25, 0.3) is 0 Å². The van der Waals surface area contributed by atoms with Crippen LogP contribution in [-0.4, -0.2) is 20.0 Å². The van der Waals surface area contributed by atoms with Gasteiger partial charge in [-0.25, -0.2) is 13.6 Å². The molecule has 0 bridgehead atoms. The number of Topliss-reactive ketones (excluding diaryl/α,β-unsaturated/α-hetero) is 1. The Morgan fingerprint density at radius 3 is 2.25 bits per heavy atom. The molecule has 70 valence electrons. The molecule has 1 aliphatic carbocycles. The average Bonchev–Trinajstić information content (AvgIpc) is 2.32. The molecule has 0 aromatic rings. The van der Waals surface area contributed by atoms with Gasteiger partial charge in [-0.05, 0) is 12.8 Å². The Morgan fingerprint density at radius 1 is 1.33 bits per heavy atom. The van der Waals surface area contributed by atoms with E-state index < -0.39 is 15.8 Å². The van der Waals surface area contributed by atoms with E-state index in [-0.39, 0.29) is 11.7 Å². The number of carbonyl (C=O) groups is 1. The lowest BCUT2D eigenvalue weighted by Gasteiger charge is -2.05. The molecular weight excluding hydrogens is 178 g/mol. The Balaban J connectivity index is 2.48. The molecule has 1 saturated carbocycles. The Labute approximate surface area is 72.2 Å². The van der Waals surface area contributed by atoms with Crippen LogP contribution >= 0.6 is 0 Å². The molecule has 5 heteroatoms. The molecule has 2 N–H and O–H groups in total. The topological polar surface area (TPSA) is 77.2 Å². The van der Waals surface area contributed by atoms with Gasteiger partial charge in [-0.2, -0.15) is 0 Å². The first-order chi connectivity index (χ1) is 5.49. The molecule has 1 fully saturated rings. The standard InChI is InChI=1S/C7H13NO3S/c8-12(10,11)5-7(9)6-3-1-2-4-6/h6H,1-5H2,(H2,8,10,11). The van der Waals surface area contributed by atoms with Crippen molar-refractivity contribution < 1.29 is 13.2 Å². The van der Waals surface area contributed by atoms with Gasteiger partial charge in [0.15, 0.2) is 5.78 Å². The van der Waals surface area contributed by atoms with Gasteiger partial charge in [-0.1, -0.05) is 12.8 Å². The lowest BCUT2D eigenvalue weighted by atomic mass is 10.0. The smallest absolute Gasteiger partial charge is 0.216 e. The van der Waals surface area contributed by atoms with Crippen LogP contribution < -0.4 is 5.14 Å². The summed E-state index contributed by atoms with van der Waals surface area (Å²) in [7, 11) is -3.61. The Kier molecular flexibility index (Phi) is 2.85. The SMILES string of the molecule is NS(=O)(=O)CC(=O)C1CCCC1. The third kappa shape index (κ3) is 2.91. The number of ketones is 1. The van der Waals surface area contributed by atoms with Crippen molar-refractivity contribution in [2.75, 3.05) is 5.75 Å². The highest BCUT2D eigenvalue weighted by molar-refractivity contribution is 7.89. The van der Waals surface area contributed by atoms with Gasteiger partial charge >= 0.3 is 0 Å². The maximum Gasteiger partial charge on any atom is 0.216 e. The Morgan fingerprint density at radius 2 is 1.83 bits per heavy atom. The number of primary sulfonamides is 1. The van der Waals surface area contributed by atoms with E-state index >= 15 is 0 Å². The molecule has 12 heavy (non-hydrogen) atoms. The summed E-state index contributed by atoms with van der Waals surface area (Å²) in [4.78, 5) is 11.2. The van der Waals surface area contributed by atoms with E-state index in [1.165, 1.54) is 0 Å². The van der Waals surface area contributed by atoms with Crippen LogP contribution in [0.2, 0.25) is 0 Å². The largest absolute Gasteiger partial charge is 0.298 e. The molecule has 0 spiro atoms. The zero-order chi connectivity index (χ0) is 9.19. The number of nitrogens with two attached hydrogens (primary N) is 1. The summed E-state index contributed by atoms with van der Waals surface area (Å²) in [5.74, 6) is -0.754. The lowest BCUT2D eigenvalue weighted by molar-refractivity contribution is -0.120. The zero-order valence-electron chi connectivity index (χ0n) is 6.82. The number of sulfonamides is 1. The van der Waals surface area contributed by atoms with Crippen LogP contribution in [0.4, 0.5) is 0 Å². The Hall–Kier alpha value is -0.420. The molecule has 4 nitrogen and oxygen atoms in total. The quantitative estimate of drug-likeness (QED) is 0.684. The van der Waals surface area contributed by atoms with Gasteiger partial charge in [0.25, 0.3) is 0 Å². The van der Waals surface area contributed by atoms with E-state index in [0.29, 0.717) is 0 Å². The van der Waals surface area contributed by atoms with Crippen molar-refractivity contribution in [3.63, 3.8) is 0 Å². The van der Waals surface area contributed by atoms with Crippen molar-refractivity contribution in [3.05, 3.63) is 0 Å². The summed E-state index contributed by atoms with van der Waals surface area (Å²) < 4.78 is 21.1. The van der Waals surface area contributed by atoms with E-state index in [1.807, 2.05) is 0 Å². The molecule has 0 aromatic carbocycles. The first-order valence-electron chi connectivity index (χ1n) is 4.02. The monoisotopic (exact) mass is 191 g/mol. The van der Waals surface area contributed by atoms with Crippen molar-refractivity contribution in [1.82, 2.24) is 0 Å². The van der Waals surface area contributed by atoms with Crippen molar-refractivity contribution >= 4 is 15.8 Å². The zero-order valence-corrected chi connectivity index (χ0v) is 7.64. The van der Waals surface area contributed by atoms with Crippen molar-refractivity contribution in [2.24, 2.45) is 11.1 Å². The first-order valence-corrected chi connectivity index (χ1v) is 5.74. The van der Waals surface area contributed by atoms with Crippen LogP contribution in [0.15, 0.2) is 0 Å². The molecule has 0 unspecified atom stereocenters. The maximum absolute atomic E-state index is 11.2. The minimum Gasteiger partial charge on any atom is -0.298 e. The summed E-state index contributed by atoms with van der Waals surface area (Å²) in [6.07, 6.45) is 3.71. The molecule has 0 saturated heterocycles. The van der Waals surface area contributed by atoms with Gasteiger partial charge in [0.1, 0.15) is 5.75 Å². The highest BCUT2D eigenvalue weighted by atomic mass is 32.2. The van der Waals surface area contributed by atoms with Crippen molar-refractivity contribution in [3.8, 4) is 0 Å².